The highest BCUT2D eigenvalue weighted by atomic mass is 32.2. The van der Waals surface area contributed by atoms with E-state index >= 15 is 0 Å². The molecule has 2 rings (SSSR count). The van der Waals surface area contributed by atoms with Crippen LogP contribution in [0.15, 0.2) is 0 Å². The molecule has 1 atom stereocenters. The molecule has 2 aliphatic rings. The highest BCUT2D eigenvalue weighted by Gasteiger charge is 2.40. The summed E-state index contributed by atoms with van der Waals surface area (Å²) in [5, 5.41) is 3.13. The molecule has 1 N–H and O–H groups in total. The molecule has 4 heteroatoms. The van der Waals surface area contributed by atoms with Crippen molar-refractivity contribution < 1.29 is 4.79 Å². The first kappa shape index (κ1) is 12.2. The number of piperidine rings is 1. The molecular weight excluding hydrogens is 220 g/mol. The van der Waals surface area contributed by atoms with Gasteiger partial charge in [0.1, 0.15) is 0 Å². The van der Waals surface area contributed by atoms with E-state index in [1.54, 1.807) is 0 Å². The number of nitrogens with one attached hydrogen (secondary N) is 1. The summed E-state index contributed by atoms with van der Waals surface area (Å²) in [6.07, 6.45) is 8.21. The lowest BCUT2D eigenvalue weighted by atomic mass is 9.83. The Morgan fingerprint density at radius 3 is 2.75 bits per heavy atom. The van der Waals surface area contributed by atoms with Crippen LogP contribution >= 0.6 is 11.8 Å². The number of likely N-dealkylation sites (N-methyl/N-ethyl adjacent to an activating group) is 1. The predicted octanol–water partition coefficient (Wildman–Crippen LogP) is 1.48. The molecule has 0 aromatic rings. The number of amides is 1. The Labute approximate surface area is 102 Å². The van der Waals surface area contributed by atoms with E-state index in [1.165, 1.54) is 19.3 Å². The molecule has 92 valence electrons. The summed E-state index contributed by atoms with van der Waals surface area (Å²) in [5.41, 5.74) is 0. The molecule has 1 amide bonds. The van der Waals surface area contributed by atoms with E-state index in [0.29, 0.717) is 10.7 Å². The molecule has 0 radical (unpaired) electrons. The van der Waals surface area contributed by atoms with Gasteiger partial charge in [0.05, 0.1) is 6.04 Å². The Kier molecular flexibility index (Phi) is 3.80. The maximum Gasteiger partial charge on any atom is 0.239 e. The van der Waals surface area contributed by atoms with Crippen LogP contribution in [0.25, 0.3) is 0 Å². The van der Waals surface area contributed by atoms with Crippen molar-refractivity contribution in [2.45, 2.75) is 42.9 Å². The van der Waals surface area contributed by atoms with Crippen molar-refractivity contribution in [1.29, 1.82) is 0 Å². The zero-order valence-corrected chi connectivity index (χ0v) is 11.1. The van der Waals surface area contributed by atoms with Crippen LogP contribution in [0.2, 0.25) is 0 Å². The zero-order valence-electron chi connectivity index (χ0n) is 10.3. The second-order valence-corrected chi connectivity index (χ2v) is 6.26. The summed E-state index contributed by atoms with van der Waals surface area (Å²) in [5.74, 6) is 0.314. The number of likely N-dealkylation sites (tertiary alicyclic amines) is 1. The maximum absolute atomic E-state index is 12.1. The molecule has 3 nitrogen and oxygen atoms in total. The molecule has 1 aliphatic carbocycles. The van der Waals surface area contributed by atoms with E-state index in [-0.39, 0.29) is 6.04 Å². The first-order valence-corrected chi connectivity index (χ1v) is 7.44. The number of rotatable bonds is 4. The van der Waals surface area contributed by atoms with Crippen LogP contribution in [-0.2, 0) is 4.79 Å². The molecule has 0 bridgehead atoms. The summed E-state index contributed by atoms with van der Waals surface area (Å²) in [4.78, 5) is 14.2. The number of thioether (sulfide) groups is 1. The molecule has 0 aromatic carbocycles. The molecule has 0 aromatic heterocycles. The van der Waals surface area contributed by atoms with Crippen molar-refractivity contribution in [2.24, 2.45) is 0 Å². The van der Waals surface area contributed by atoms with E-state index in [0.717, 1.165) is 25.9 Å². The van der Waals surface area contributed by atoms with Crippen molar-refractivity contribution in [2.75, 3.05) is 26.4 Å². The molecule has 1 heterocycles. The lowest BCUT2D eigenvalue weighted by Crippen LogP contribution is -2.55. The highest BCUT2D eigenvalue weighted by Crippen LogP contribution is 2.43. The van der Waals surface area contributed by atoms with Crippen LogP contribution in [0.4, 0.5) is 0 Å². The van der Waals surface area contributed by atoms with Gasteiger partial charge in [0, 0.05) is 17.8 Å². The van der Waals surface area contributed by atoms with Gasteiger partial charge in [0.25, 0.3) is 0 Å². The molecule has 2 fully saturated rings. The van der Waals surface area contributed by atoms with Crippen molar-refractivity contribution in [3.63, 3.8) is 0 Å². The molecule has 16 heavy (non-hydrogen) atoms. The summed E-state index contributed by atoms with van der Waals surface area (Å²) < 4.78 is 0.380. The SMILES string of the molecule is CNC1CCCN(CC2(SC)CCC2)C1=O. The first-order valence-electron chi connectivity index (χ1n) is 6.22. The second-order valence-electron chi connectivity index (χ2n) is 4.98. The van der Waals surface area contributed by atoms with Gasteiger partial charge in [-0.1, -0.05) is 6.42 Å². The van der Waals surface area contributed by atoms with Gasteiger partial charge in [-0.05, 0) is 39.0 Å². The Morgan fingerprint density at radius 1 is 1.50 bits per heavy atom. The van der Waals surface area contributed by atoms with Crippen LogP contribution < -0.4 is 5.32 Å². The van der Waals surface area contributed by atoms with E-state index in [4.69, 9.17) is 0 Å². The minimum Gasteiger partial charge on any atom is -0.340 e. The number of nitrogens with zero attached hydrogens (tertiary/aromatic N) is 1. The van der Waals surface area contributed by atoms with Gasteiger partial charge in [-0.2, -0.15) is 11.8 Å². The second kappa shape index (κ2) is 4.96. The fourth-order valence-electron chi connectivity index (χ4n) is 2.71. The van der Waals surface area contributed by atoms with E-state index in [2.05, 4.69) is 16.5 Å². The van der Waals surface area contributed by atoms with Crippen molar-refractivity contribution in [3.8, 4) is 0 Å². The minimum atomic E-state index is 0.0627. The third kappa shape index (κ3) is 2.23. The van der Waals surface area contributed by atoms with Crippen LogP contribution in [0, 0.1) is 0 Å². The number of hydrogen-bond donors (Lipinski definition) is 1. The topological polar surface area (TPSA) is 32.3 Å². The molecule has 0 spiro atoms. The number of hydrogen-bond acceptors (Lipinski definition) is 3. The lowest BCUT2D eigenvalue weighted by molar-refractivity contribution is -0.136. The molecular formula is C12H22N2OS. The Balaban J connectivity index is 1.95. The van der Waals surface area contributed by atoms with E-state index < -0.39 is 0 Å². The van der Waals surface area contributed by atoms with Crippen molar-refractivity contribution in [3.05, 3.63) is 0 Å². The monoisotopic (exact) mass is 242 g/mol. The highest BCUT2D eigenvalue weighted by molar-refractivity contribution is 8.00. The number of carbonyl (C=O) groups excluding carboxylic acids is 1. The van der Waals surface area contributed by atoms with Gasteiger partial charge in [0.15, 0.2) is 0 Å². The predicted molar refractivity (Wildman–Crippen MR) is 68.8 cm³/mol. The lowest BCUT2D eigenvalue weighted by Gasteiger charge is -2.45. The fraction of sp³-hybridized carbons (Fsp3) is 0.917. The smallest absolute Gasteiger partial charge is 0.239 e. The summed E-state index contributed by atoms with van der Waals surface area (Å²) in [6.45, 7) is 1.92. The molecule has 1 unspecified atom stereocenters. The Hall–Kier alpha value is -0.220. The molecule has 1 saturated heterocycles. The fourth-order valence-corrected chi connectivity index (χ4v) is 3.69. The number of carbonyl (C=O) groups is 1. The van der Waals surface area contributed by atoms with Gasteiger partial charge in [-0.3, -0.25) is 4.79 Å². The third-order valence-corrected chi connectivity index (χ3v) is 5.46. The van der Waals surface area contributed by atoms with Gasteiger partial charge < -0.3 is 10.2 Å². The summed E-state index contributed by atoms with van der Waals surface area (Å²) >= 11 is 1.95. The van der Waals surface area contributed by atoms with Crippen molar-refractivity contribution >= 4 is 17.7 Å². The Bertz CT molecular complexity index is 260. The molecule has 1 aliphatic heterocycles. The van der Waals surface area contributed by atoms with Gasteiger partial charge in [0.2, 0.25) is 5.91 Å². The van der Waals surface area contributed by atoms with Crippen LogP contribution in [0.1, 0.15) is 32.1 Å². The largest absolute Gasteiger partial charge is 0.340 e. The van der Waals surface area contributed by atoms with Crippen LogP contribution in [-0.4, -0.2) is 48.0 Å². The summed E-state index contributed by atoms with van der Waals surface area (Å²) in [6, 6.07) is 0.0627. The quantitative estimate of drug-likeness (QED) is 0.810. The standard InChI is InChI=1S/C12H22N2OS/c1-13-10-5-3-8-14(11(10)15)9-12(16-2)6-4-7-12/h10,13H,3-9H2,1-2H3. The average molecular weight is 242 g/mol. The van der Waals surface area contributed by atoms with Gasteiger partial charge >= 0.3 is 0 Å². The third-order valence-electron chi connectivity index (χ3n) is 4.06. The normalized spacial score (nSPS) is 29.0. The Morgan fingerprint density at radius 2 is 2.25 bits per heavy atom. The van der Waals surface area contributed by atoms with Gasteiger partial charge in [-0.15, -0.1) is 0 Å². The van der Waals surface area contributed by atoms with Crippen molar-refractivity contribution in [1.82, 2.24) is 10.2 Å². The zero-order chi connectivity index (χ0) is 11.6. The van der Waals surface area contributed by atoms with Crippen LogP contribution in [0.3, 0.4) is 0 Å². The molecule has 1 saturated carbocycles. The van der Waals surface area contributed by atoms with Crippen LogP contribution in [0.5, 0.6) is 0 Å². The van der Waals surface area contributed by atoms with Gasteiger partial charge in [-0.25, -0.2) is 0 Å². The average Bonchev–Trinajstić information content (AvgIpc) is 2.25. The van der Waals surface area contributed by atoms with E-state index in [9.17, 15) is 4.79 Å². The maximum atomic E-state index is 12.1. The minimum absolute atomic E-state index is 0.0627. The summed E-state index contributed by atoms with van der Waals surface area (Å²) in [7, 11) is 1.89. The van der Waals surface area contributed by atoms with E-state index in [1.807, 2.05) is 18.8 Å². The first-order chi connectivity index (χ1) is 7.71.